The lowest BCUT2D eigenvalue weighted by atomic mass is 10.1. The topological polar surface area (TPSA) is 41.9 Å². The van der Waals surface area contributed by atoms with Crippen molar-refractivity contribution in [3.8, 4) is 0 Å². The first-order chi connectivity index (χ1) is 13.6. The molecule has 0 amide bonds. The zero-order valence-corrected chi connectivity index (χ0v) is 17.2. The van der Waals surface area contributed by atoms with Gasteiger partial charge in [0, 0.05) is 30.8 Å². The van der Waals surface area contributed by atoms with Gasteiger partial charge in [-0.1, -0.05) is 54.1 Å². The second kappa shape index (κ2) is 10.9. The average Bonchev–Trinajstić information content (AvgIpc) is 2.73. The predicted octanol–water partition coefficient (Wildman–Crippen LogP) is 4.81. The van der Waals surface area contributed by atoms with Crippen molar-refractivity contribution >= 4 is 11.6 Å². The van der Waals surface area contributed by atoms with Crippen LogP contribution in [0.4, 0.5) is 0 Å². The summed E-state index contributed by atoms with van der Waals surface area (Å²) in [6.45, 7) is 4.77. The van der Waals surface area contributed by atoms with Gasteiger partial charge in [-0.15, -0.1) is 0 Å². The molecule has 0 bridgehead atoms. The number of nitrogens with zero attached hydrogens (tertiary/aromatic N) is 1. The van der Waals surface area contributed by atoms with Crippen LogP contribution in [0.1, 0.15) is 43.4 Å². The molecule has 0 saturated carbocycles. The zero-order chi connectivity index (χ0) is 19.8. The molecule has 1 heterocycles. The Bertz CT molecular complexity index is 689. The van der Waals surface area contributed by atoms with E-state index in [9.17, 15) is 5.11 Å². The molecule has 3 atom stereocenters. The van der Waals surface area contributed by atoms with Crippen LogP contribution in [0.15, 0.2) is 54.6 Å². The van der Waals surface area contributed by atoms with E-state index in [-0.39, 0.29) is 12.3 Å². The number of rotatable bonds is 9. The van der Waals surface area contributed by atoms with Crippen LogP contribution in [0, 0.1) is 0 Å². The van der Waals surface area contributed by atoms with Crippen LogP contribution in [-0.4, -0.2) is 42.1 Å². The predicted molar refractivity (Wildman–Crippen MR) is 112 cm³/mol. The number of aliphatic hydroxyl groups is 1. The average molecular weight is 404 g/mol. The van der Waals surface area contributed by atoms with Gasteiger partial charge in [0.2, 0.25) is 0 Å². The molecular formula is C23H30ClNO3. The first kappa shape index (κ1) is 21.3. The fourth-order valence-corrected chi connectivity index (χ4v) is 3.55. The SMILES string of the molecule is C[C@H](COC1CCCCO1)N(Cc1ccccc1)CC(O)c1ccc(Cl)cc1. The van der Waals surface area contributed by atoms with E-state index in [1.54, 1.807) is 0 Å². The quantitative estimate of drug-likeness (QED) is 0.652. The van der Waals surface area contributed by atoms with Gasteiger partial charge in [-0.25, -0.2) is 0 Å². The first-order valence-electron chi connectivity index (χ1n) is 10.1. The van der Waals surface area contributed by atoms with Crippen molar-refractivity contribution < 1.29 is 14.6 Å². The Labute approximate surface area is 173 Å². The van der Waals surface area contributed by atoms with E-state index in [0.29, 0.717) is 18.2 Å². The summed E-state index contributed by atoms with van der Waals surface area (Å²) in [7, 11) is 0. The smallest absolute Gasteiger partial charge is 0.157 e. The third-order valence-electron chi connectivity index (χ3n) is 5.18. The number of benzene rings is 2. The van der Waals surface area contributed by atoms with Crippen molar-refractivity contribution in [1.82, 2.24) is 4.90 Å². The maximum absolute atomic E-state index is 10.8. The second-order valence-electron chi connectivity index (χ2n) is 7.46. The van der Waals surface area contributed by atoms with Crippen LogP contribution in [0.5, 0.6) is 0 Å². The highest BCUT2D eigenvalue weighted by atomic mass is 35.5. The lowest BCUT2D eigenvalue weighted by molar-refractivity contribution is -0.170. The molecule has 0 spiro atoms. The lowest BCUT2D eigenvalue weighted by Gasteiger charge is -2.32. The maximum Gasteiger partial charge on any atom is 0.157 e. The molecule has 28 heavy (non-hydrogen) atoms. The number of ether oxygens (including phenoxy) is 2. The minimum Gasteiger partial charge on any atom is -0.387 e. The number of hydrogen-bond acceptors (Lipinski definition) is 4. The standard InChI is InChI=1S/C23H30ClNO3/c1-18(17-28-23-9-5-6-14-27-23)25(15-19-7-3-2-4-8-19)16-22(26)20-10-12-21(24)13-11-20/h2-4,7-8,10-13,18,22-23,26H,5-6,9,14-17H2,1H3/t18-,22?,23?/m1/s1. The van der Waals surface area contributed by atoms with Gasteiger partial charge in [0.25, 0.3) is 0 Å². The van der Waals surface area contributed by atoms with Crippen LogP contribution in [0.2, 0.25) is 5.02 Å². The van der Waals surface area contributed by atoms with Crippen LogP contribution >= 0.6 is 11.6 Å². The molecule has 152 valence electrons. The van der Waals surface area contributed by atoms with Crippen molar-refractivity contribution in [2.24, 2.45) is 0 Å². The fourth-order valence-electron chi connectivity index (χ4n) is 3.43. The van der Waals surface area contributed by atoms with Crippen LogP contribution in [0.25, 0.3) is 0 Å². The summed E-state index contributed by atoms with van der Waals surface area (Å²) >= 11 is 5.97. The fraction of sp³-hybridized carbons (Fsp3) is 0.478. The molecule has 0 radical (unpaired) electrons. The Morgan fingerprint density at radius 1 is 1.14 bits per heavy atom. The van der Waals surface area contributed by atoms with Gasteiger partial charge in [-0.3, -0.25) is 4.90 Å². The second-order valence-corrected chi connectivity index (χ2v) is 7.90. The van der Waals surface area contributed by atoms with Crippen LogP contribution < -0.4 is 0 Å². The van der Waals surface area contributed by atoms with Gasteiger partial charge in [-0.05, 0) is 49.4 Å². The minimum absolute atomic E-state index is 0.101. The molecule has 1 aliphatic heterocycles. The Morgan fingerprint density at radius 3 is 2.57 bits per heavy atom. The van der Waals surface area contributed by atoms with Crippen LogP contribution in [-0.2, 0) is 16.0 Å². The molecule has 3 rings (SSSR count). The molecule has 1 N–H and O–H groups in total. The van der Waals surface area contributed by atoms with Gasteiger partial charge in [0.05, 0.1) is 12.7 Å². The third-order valence-corrected chi connectivity index (χ3v) is 5.43. The summed E-state index contributed by atoms with van der Waals surface area (Å²) in [5.74, 6) is 0. The summed E-state index contributed by atoms with van der Waals surface area (Å²) in [5, 5.41) is 11.4. The summed E-state index contributed by atoms with van der Waals surface area (Å²) in [6, 6.07) is 17.9. The Morgan fingerprint density at radius 2 is 1.89 bits per heavy atom. The summed E-state index contributed by atoms with van der Waals surface area (Å²) in [5.41, 5.74) is 2.08. The highest BCUT2D eigenvalue weighted by molar-refractivity contribution is 6.30. The third kappa shape index (κ3) is 6.57. The highest BCUT2D eigenvalue weighted by Crippen LogP contribution is 2.21. The summed E-state index contributed by atoms with van der Waals surface area (Å²) in [4.78, 5) is 2.26. The molecule has 4 nitrogen and oxygen atoms in total. The molecule has 2 aromatic carbocycles. The van der Waals surface area contributed by atoms with Crippen molar-refractivity contribution in [2.45, 2.75) is 51.2 Å². The Hall–Kier alpha value is -1.43. The maximum atomic E-state index is 10.8. The molecule has 5 heteroatoms. The molecule has 1 aliphatic rings. The van der Waals surface area contributed by atoms with E-state index >= 15 is 0 Å². The Balaban J connectivity index is 1.63. The van der Waals surface area contributed by atoms with E-state index in [0.717, 1.165) is 38.0 Å². The molecule has 0 aromatic heterocycles. The highest BCUT2D eigenvalue weighted by Gasteiger charge is 2.22. The van der Waals surface area contributed by atoms with E-state index in [4.69, 9.17) is 21.1 Å². The first-order valence-corrected chi connectivity index (χ1v) is 10.4. The number of hydrogen-bond donors (Lipinski definition) is 1. The molecule has 0 aliphatic carbocycles. The van der Waals surface area contributed by atoms with Gasteiger partial charge in [-0.2, -0.15) is 0 Å². The van der Waals surface area contributed by atoms with Gasteiger partial charge in [0.15, 0.2) is 6.29 Å². The van der Waals surface area contributed by atoms with E-state index in [2.05, 4.69) is 24.0 Å². The van der Waals surface area contributed by atoms with Crippen molar-refractivity contribution in [3.05, 3.63) is 70.7 Å². The van der Waals surface area contributed by atoms with Crippen molar-refractivity contribution in [3.63, 3.8) is 0 Å². The monoisotopic (exact) mass is 403 g/mol. The molecule has 2 unspecified atom stereocenters. The minimum atomic E-state index is -0.589. The Kier molecular flexibility index (Phi) is 8.31. The molecule has 1 saturated heterocycles. The van der Waals surface area contributed by atoms with Gasteiger partial charge < -0.3 is 14.6 Å². The number of halogens is 1. The summed E-state index contributed by atoms with van der Waals surface area (Å²) < 4.78 is 11.7. The normalized spacial score (nSPS) is 19.5. The zero-order valence-electron chi connectivity index (χ0n) is 16.5. The molecule has 2 aromatic rings. The molecular weight excluding hydrogens is 374 g/mol. The van der Waals surface area contributed by atoms with E-state index in [1.807, 2.05) is 42.5 Å². The lowest BCUT2D eigenvalue weighted by Crippen LogP contribution is -2.40. The number of aliphatic hydroxyl groups excluding tert-OH is 1. The van der Waals surface area contributed by atoms with Gasteiger partial charge in [0.1, 0.15) is 0 Å². The summed E-state index contributed by atoms with van der Waals surface area (Å²) in [6.07, 6.45) is 2.54. The van der Waals surface area contributed by atoms with Crippen molar-refractivity contribution in [2.75, 3.05) is 19.8 Å². The van der Waals surface area contributed by atoms with E-state index in [1.165, 1.54) is 5.56 Å². The molecule has 1 fully saturated rings. The van der Waals surface area contributed by atoms with Gasteiger partial charge >= 0.3 is 0 Å². The van der Waals surface area contributed by atoms with E-state index < -0.39 is 6.10 Å². The van der Waals surface area contributed by atoms with Crippen LogP contribution in [0.3, 0.4) is 0 Å². The largest absolute Gasteiger partial charge is 0.387 e. The van der Waals surface area contributed by atoms with Crippen molar-refractivity contribution in [1.29, 1.82) is 0 Å².